The van der Waals surface area contributed by atoms with Crippen molar-refractivity contribution in [1.82, 2.24) is 15.0 Å². The number of nitrogens with zero attached hydrogens (tertiary/aromatic N) is 3. The molecule has 0 bridgehead atoms. The van der Waals surface area contributed by atoms with E-state index in [1.165, 1.54) is 11.1 Å². The lowest BCUT2D eigenvalue weighted by atomic mass is 9.95. The Kier molecular flexibility index (Phi) is 4.15. The van der Waals surface area contributed by atoms with E-state index in [0.717, 1.165) is 43.3 Å². The fraction of sp³-hybridized carbons (Fsp3) is 0.286. The molecule has 27 heavy (non-hydrogen) atoms. The van der Waals surface area contributed by atoms with Crippen molar-refractivity contribution in [1.29, 1.82) is 0 Å². The molecule has 6 heteroatoms. The SMILES string of the molecule is CC1(C)Cc2nc3sc4c(SCc5ccccc5)ncnc4c3cc2CO1. The molecule has 0 amide bonds. The van der Waals surface area contributed by atoms with Gasteiger partial charge in [0.1, 0.15) is 16.2 Å². The van der Waals surface area contributed by atoms with Crippen LogP contribution in [-0.2, 0) is 23.5 Å². The smallest absolute Gasteiger partial charge is 0.126 e. The predicted octanol–water partition coefficient (Wildman–Crippen LogP) is 5.38. The van der Waals surface area contributed by atoms with Crippen LogP contribution in [0.15, 0.2) is 47.8 Å². The third kappa shape index (κ3) is 3.22. The van der Waals surface area contributed by atoms with Crippen LogP contribution in [-0.4, -0.2) is 20.6 Å². The first-order chi connectivity index (χ1) is 13.1. The Morgan fingerprint density at radius 3 is 2.89 bits per heavy atom. The summed E-state index contributed by atoms with van der Waals surface area (Å²) in [5, 5.41) is 2.14. The Balaban J connectivity index is 1.56. The van der Waals surface area contributed by atoms with Crippen molar-refractivity contribution in [2.75, 3.05) is 0 Å². The molecule has 3 aromatic heterocycles. The predicted molar refractivity (Wildman–Crippen MR) is 111 cm³/mol. The lowest BCUT2D eigenvalue weighted by Crippen LogP contribution is -2.32. The number of pyridine rings is 1. The quantitative estimate of drug-likeness (QED) is 0.345. The summed E-state index contributed by atoms with van der Waals surface area (Å²) in [6.45, 7) is 4.86. The van der Waals surface area contributed by atoms with Crippen LogP contribution in [0.1, 0.15) is 30.7 Å². The van der Waals surface area contributed by atoms with Crippen molar-refractivity contribution in [2.24, 2.45) is 0 Å². The Morgan fingerprint density at radius 2 is 2.04 bits per heavy atom. The number of rotatable bonds is 3. The van der Waals surface area contributed by atoms with Crippen molar-refractivity contribution in [3.8, 4) is 0 Å². The third-order valence-corrected chi connectivity index (χ3v) is 7.10. The number of thiophene rings is 1. The molecule has 0 unspecified atom stereocenters. The minimum Gasteiger partial charge on any atom is -0.370 e. The number of hydrogen-bond donors (Lipinski definition) is 0. The summed E-state index contributed by atoms with van der Waals surface area (Å²) in [6.07, 6.45) is 2.51. The summed E-state index contributed by atoms with van der Waals surface area (Å²) >= 11 is 3.46. The highest BCUT2D eigenvalue weighted by molar-refractivity contribution is 7.98. The normalized spacial score (nSPS) is 15.9. The maximum atomic E-state index is 5.97. The van der Waals surface area contributed by atoms with Gasteiger partial charge in [-0.1, -0.05) is 30.3 Å². The number of aromatic nitrogens is 3. The molecule has 0 radical (unpaired) electrons. The van der Waals surface area contributed by atoms with Crippen LogP contribution in [0, 0.1) is 0 Å². The molecule has 0 atom stereocenters. The topological polar surface area (TPSA) is 47.9 Å². The number of ether oxygens (including phenoxy) is 1. The van der Waals surface area contributed by atoms with Gasteiger partial charge in [-0.15, -0.1) is 23.1 Å². The second-order valence-electron chi connectivity index (χ2n) is 7.40. The molecular formula is C21H19N3OS2. The highest BCUT2D eigenvalue weighted by Crippen LogP contribution is 2.39. The van der Waals surface area contributed by atoms with Gasteiger partial charge in [-0.2, -0.15) is 0 Å². The van der Waals surface area contributed by atoms with E-state index in [-0.39, 0.29) is 5.60 Å². The summed E-state index contributed by atoms with van der Waals surface area (Å²) in [5.41, 5.74) is 4.47. The second kappa shape index (κ2) is 6.55. The van der Waals surface area contributed by atoms with Crippen LogP contribution >= 0.6 is 23.1 Å². The molecule has 0 saturated heterocycles. The molecule has 1 aliphatic rings. The average Bonchev–Trinajstić information content (AvgIpc) is 3.03. The fourth-order valence-corrected chi connectivity index (χ4v) is 5.55. The first-order valence-electron chi connectivity index (χ1n) is 8.96. The molecule has 0 aliphatic carbocycles. The zero-order valence-electron chi connectivity index (χ0n) is 15.2. The highest BCUT2D eigenvalue weighted by Gasteiger charge is 2.28. The molecule has 5 rings (SSSR count). The molecule has 4 nitrogen and oxygen atoms in total. The first-order valence-corrected chi connectivity index (χ1v) is 10.8. The van der Waals surface area contributed by atoms with E-state index >= 15 is 0 Å². The summed E-state index contributed by atoms with van der Waals surface area (Å²) in [7, 11) is 0. The van der Waals surface area contributed by atoms with E-state index in [1.807, 2.05) is 6.07 Å². The maximum Gasteiger partial charge on any atom is 0.126 e. The number of hydrogen-bond acceptors (Lipinski definition) is 6. The highest BCUT2D eigenvalue weighted by atomic mass is 32.2. The molecule has 1 aromatic carbocycles. The minimum atomic E-state index is -0.152. The van der Waals surface area contributed by atoms with Gasteiger partial charge in [-0.25, -0.2) is 15.0 Å². The van der Waals surface area contributed by atoms with Crippen molar-refractivity contribution in [3.63, 3.8) is 0 Å². The van der Waals surface area contributed by atoms with E-state index in [0.29, 0.717) is 6.61 Å². The van der Waals surface area contributed by atoms with Gasteiger partial charge < -0.3 is 4.74 Å². The molecule has 0 fully saturated rings. The molecule has 0 spiro atoms. The summed E-state index contributed by atoms with van der Waals surface area (Å²) in [6, 6.07) is 12.7. The third-order valence-electron chi connectivity index (χ3n) is 4.81. The molecule has 136 valence electrons. The number of benzene rings is 1. The van der Waals surface area contributed by atoms with Gasteiger partial charge >= 0.3 is 0 Å². The summed E-state index contributed by atoms with van der Waals surface area (Å²) in [5.74, 6) is 0.896. The zero-order chi connectivity index (χ0) is 18.4. The fourth-order valence-electron chi connectivity index (χ4n) is 3.39. The summed E-state index contributed by atoms with van der Waals surface area (Å²) in [4.78, 5) is 15.1. The monoisotopic (exact) mass is 393 g/mol. The summed E-state index contributed by atoms with van der Waals surface area (Å²) < 4.78 is 7.10. The van der Waals surface area contributed by atoms with Gasteiger partial charge in [0.2, 0.25) is 0 Å². The standard InChI is InChI=1S/C21H19N3OS2/c1-21(2)9-16-14(10-25-21)8-15-17-18(27-19(15)24-16)20(23-12-22-17)26-11-13-6-4-3-5-7-13/h3-8,12H,9-11H2,1-2H3. The van der Waals surface area contributed by atoms with Crippen molar-refractivity contribution < 1.29 is 4.74 Å². The largest absolute Gasteiger partial charge is 0.370 e. The van der Waals surface area contributed by atoms with Crippen LogP contribution in [0.3, 0.4) is 0 Å². The Bertz CT molecular complexity index is 1140. The van der Waals surface area contributed by atoms with Gasteiger partial charge in [0.25, 0.3) is 0 Å². The molecule has 0 saturated carbocycles. The van der Waals surface area contributed by atoms with Gasteiger partial charge in [-0.05, 0) is 25.5 Å². The molecule has 4 heterocycles. The van der Waals surface area contributed by atoms with Crippen molar-refractivity contribution >= 4 is 43.5 Å². The van der Waals surface area contributed by atoms with Crippen LogP contribution in [0.5, 0.6) is 0 Å². The van der Waals surface area contributed by atoms with E-state index in [9.17, 15) is 0 Å². The van der Waals surface area contributed by atoms with Crippen molar-refractivity contribution in [2.45, 2.75) is 43.3 Å². The molecule has 4 aromatic rings. The lowest BCUT2D eigenvalue weighted by molar-refractivity contribution is -0.0411. The van der Waals surface area contributed by atoms with Gasteiger partial charge in [0.05, 0.1) is 28.1 Å². The number of thioether (sulfide) groups is 1. The Labute approximate surface area is 166 Å². The van der Waals surface area contributed by atoms with Gasteiger partial charge in [0.15, 0.2) is 0 Å². The van der Waals surface area contributed by atoms with Gasteiger partial charge in [0, 0.05) is 23.1 Å². The lowest BCUT2D eigenvalue weighted by Gasteiger charge is -2.30. The van der Waals surface area contributed by atoms with E-state index in [4.69, 9.17) is 9.72 Å². The maximum absolute atomic E-state index is 5.97. The zero-order valence-corrected chi connectivity index (χ0v) is 16.9. The van der Waals surface area contributed by atoms with E-state index in [2.05, 4.69) is 54.1 Å². The number of fused-ring (bicyclic) bond motifs is 4. The second-order valence-corrected chi connectivity index (χ2v) is 9.37. The van der Waals surface area contributed by atoms with Crippen LogP contribution < -0.4 is 0 Å². The van der Waals surface area contributed by atoms with Crippen LogP contribution in [0.25, 0.3) is 20.4 Å². The van der Waals surface area contributed by atoms with Crippen LogP contribution in [0.2, 0.25) is 0 Å². The molecule has 1 aliphatic heterocycles. The molecular weight excluding hydrogens is 374 g/mol. The minimum absolute atomic E-state index is 0.152. The van der Waals surface area contributed by atoms with Crippen LogP contribution in [0.4, 0.5) is 0 Å². The van der Waals surface area contributed by atoms with E-state index < -0.39 is 0 Å². The molecule has 0 N–H and O–H groups in total. The Hall–Kier alpha value is -2.02. The Morgan fingerprint density at radius 1 is 1.19 bits per heavy atom. The average molecular weight is 394 g/mol. The van der Waals surface area contributed by atoms with E-state index in [1.54, 1.807) is 29.4 Å². The first kappa shape index (κ1) is 17.1. The van der Waals surface area contributed by atoms with Gasteiger partial charge in [-0.3, -0.25) is 0 Å². The van der Waals surface area contributed by atoms with Crippen molar-refractivity contribution in [3.05, 3.63) is 59.5 Å².